The van der Waals surface area contributed by atoms with Gasteiger partial charge in [0.25, 0.3) is 0 Å². The largest absolute Gasteiger partial charge is 0.325 e. The number of nitrogens with one attached hydrogen (secondary N) is 3. The number of amides is 1. The summed E-state index contributed by atoms with van der Waals surface area (Å²) in [6.45, 7) is 0.653. The quantitative estimate of drug-likeness (QED) is 0.577. The minimum Gasteiger partial charge on any atom is -0.325 e. The second kappa shape index (κ2) is 7.67. The van der Waals surface area contributed by atoms with Gasteiger partial charge >= 0.3 is 0 Å². The maximum Gasteiger partial charge on any atom is 0.242 e. The van der Waals surface area contributed by atoms with Gasteiger partial charge in [0, 0.05) is 10.6 Å². The first kappa shape index (κ1) is 17.3. The van der Waals surface area contributed by atoms with Crippen LogP contribution in [0, 0.1) is 0 Å². The van der Waals surface area contributed by atoms with Crippen LogP contribution < -0.4 is 16.2 Å². The van der Waals surface area contributed by atoms with Crippen molar-refractivity contribution >= 4 is 38.9 Å². The van der Waals surface area contributed by atoms with Crippen LogP contribution in [0.2, 0.25) is 0 Å². The fraction of sp³-hybridized carbons (Fsp3) is 0.235. The van der Waals surface area contributed by atoms with Crippen molar-refractivity contribution in [2.45, 2.75) is 25.0 Å². The van der Waals surface area contributed by atoms with E-state index in [1.807, 2.05) is 30.3 Å². The van der Waals surface area contributed by atoms with Gasteiger partial charge in [-0.3, -0.25) is 4.79 Å². The summed E-state index contributed by atoms with van der Waals surface area (Å²) in [4.78, 5) is 17.6. The van der Waals surface area contributed by atoms with E-state index in [2.05, 4.69) is 48.2 Å². The number of hydrogen-bond donors (Lipinski definition) is 3. The van der Waals surface area contributed by atoms with E-state index in [9.17, 15) is 4.79 Å². The van der Waals surface area contributed by atoms with E-state index in [0.29, 0.717) is 13.0 Å². The molecular formula is C17H17BrN6OS. The first-order valence-corrected chi connectivity index (χ1v) is 9.77. The molecule has 134 valence electrons. The number of hydrogen-bond acceptors (Lipinski definition) is 6. The van der Waals surface area contributed by atoms with E-state index in [0.717, 1.165) is 15.0 Å². The second-order valence-electron chi connectivity index (χ2n) is 6.05. The molecule has 1 amide bonds. The highest BCUT2D eigenvalue weighted by molar-refractivity contribution is 9.11. The van der Waals surface area contributed by atoms with Crippen molar-refractivity contribution < 1.29 is 4.79 Å². The summed E-state index contributed by atoms with van der Waals surface area (Å²) in [6.07, 6.45) is 3.90. The number of benzene rings is 1. The van der Waals surface area contributed by atoms with Crippen LogP contribution >= 0.6 is 27.3 Å². The van der Waals surface area contributed by atoms with Crippen LogP contribution in [-0.2, 0) is 11.3 Å². The average molecular weight is 433 g/mol. The van der Waals surface area contributed by atoms with E-state index in [-0.39, 0.29) is 18.0 Å². The Balaban J connectivity index is 1.33. The highest BCUT2D eigenvalue weighted by atomic mass is 79.9. The van der Waals surface area contributed by atoms with Crippen LogP contribution in [0.4, 0.5) is 5.69 Å². The summed E-state index contributed by atoms with van der Waals surface area (Å²) in [5.74, 6) is -0.0420. The molecule has 1 aliphatic rings. The molecule has 2 unspecified atom stereocenters. The Morgan fingerprint density at radius 1 is 1.27 bits per heavy atom. The third kappa shape index (κ3) is 4.01. The fourth-order valence-electron chi connectivity index (χ4n) is 2.85. The minimum atomic E-state index is -0.268. The third-order valence-electron chi connectivity index (χ3n) is 4.19. The van der Waals surface area contributed by atoms with Gasteiger partial charge in [0.05, 0.1) is 16.4 Å². The molecular weight excluding hydrogens is 416 g/mol. The molecule has 2 aromatic heterocycles. The molecule has 0 radical (unpaired) electrons. The van der Waals surface area contributed by atoms with Crippen molar-refractivity contribution in [3.05, 3.63) is 63.3 Å². The lowest BCUT2D eigenvalue weighted by molar-refractivity contribution is -0.117. The van der Waals surface area contributed by atoms with Crippen LogP contribution in [-0.4, -0.2) is 26.7 Å². The predicted octanol–water partition coefficient (Wildman–Crippen LogP) is 2.70. The first-order valence-electron chi connectivity index (χ1n) is 8.16. The lowest BCUT2D eigenvalue weighted by atomic mass is 10.1. The molecule has 0 bridgehead atoms. The molecule has 2 atom stereocenters. The molecule has 0 spiro atoms. The van der Waals surface area contributed by atoms with Gasteiger partial charge in [-0.1, -0.05) is 12.1 Å². The Bertz CT molecular complexity index is 879. The molecule has 3 aromatic rings. The van der Waals surface area contributed by atoms with Gasteiger partial charge in [-0.25, -0.2) is 20.5 Å². The Morgan fingerprint density at radius 2 is 2.12 bits per heavy atom. The van der Waals surface area contributed by atoms with Crippen LogP contribution in [0.15, 0.2) is 52.8 Å². The van der Waals surface area contributed by atoms with Crippen molar-refractivity contribution in [2.75, 3.05) is 5.32 Å². The summed E-state index contributed by atoms with van der Waals surface area (Å²) in [7, 11) is 0. The second-order valence-corrected chi connectivity index (χ2v) is 8.55. The number of thiophene rings is 1. The summed E-state index contributed by atoms with van der Waals surface area (Å²) in [5, 5.41) is 7.05. The molecule has 3 heterocycles. The van der Waals surface area contributed by atoms with Gasteiger partial charge in [-0.15, -0.1) is 11.3 Å². The molecule has 1 aromatic carbocycles. The van der Waals surface area contributed by atoms with E-state index in [1.165, 1.54) is 11.2 Å². The van der Waals surface area contributed by atoms with Crippen LogP contribution in [0.25, 0.3) is 0 Å². The zero-order valence-corrected chi connectivity index (χ0v) is 16.1. The number of nitrogens with zero attached hydrogens (tertiary/aromatic N) is 3. The fourth-order valence-corrected chi connectivity index (χ4v) is 4.34. The van der Waals surface area contributed by atoms with E-state index in [1.54, 1.807) is 22.3 Å². The number of rotatable bonds is 5. The van der Waals surface area contributed by atoms with Crippen LogP contribution in [0.3, 0.4) is 0 Å². The lowest BCUT2D eigenvalue weighted by Gasteiger charge is -2.11. The number of halogens is 1. The predicted molar refractivity (Wildman–Crippen MR) is 104 cm³/mol. The average Bonchev–Trinajstić information content (AvgIpc) is 3.37. The van der Waals surface area contributed by atoms with Crippen molar-refractivity contribution in [2.24, 2.45) is 0 Å². The molecule has 0 saturated carbocycles. The van der Waals surface area contributed by atoms with Gasteiger partial charge in [0.1, 0.15) is 18.7 Å². The van der Waals surface area contributed by atoms with Gasteiger partial charge in [-0.2, -0.15) is 5.10 Å². The van der Waals surface area contributed by atoms with Crippen LogP contribution in [0.1, 0.15) is 22.9 Å². The maximum absolute atomic E-state index is 12.5. The smallest absolute Gasteiger partial charge is 0.242 e. The molecule has 1 fully saturated rings. The summed E-state index contributed by atoms with van der Waals surface area (Å²) >= 11 is 5.15. The molecule has 0 aliphatic carbocycles. The Labute approximate surface area is 162 Å². The molecule has 3 N–H and O–H groups in total. The lowest BCUT2D eigenvalue weighted by Crippen LogP contribution is -2.39. The van der Waals surface area contributed by atoms with Crippen molar-refractivity contribution in [1.82, 2.24) is 25.6 Å². The summed E-state index contributed by atoms with van der Waals surface area (Å²) in [6, 6.07) is 11.7. The number of anilines is 1. The zero-order valence-electron chi connectivity index (χ0n) is 13.7. The SMILES string of the molecule is O=C(Nc1ccc(Cn2cncn2)cc1)C1CC(c2ccc(Br)s2)NN1. The summed E-state index contributed by atoms with van der Waals surface area (Å²) < 4.78 is 2.85. The van der Waals surface area contributed by atoms with Crippen molar-refractivity contribution in [1.29, 1.82) is 0 Å². The monoisotopic (exact) mass is 432 g/mol. The minimum absolute atomic E-state index is 0.0420. The van der Waals surface area contributed by atoms with E-state index in [4.69, 9.17) is 0 Å². The van der Waals surface area contributed by atoms with E-state index >= 15 is 0 Å². The first-order chi connectivity index (χ1) is 12.7. The molecule has 4 rings (SSSR count). The standard InChI is InChI=1S/C17H17BrN6OS/c18-16-6-5-15(26-16)13-7-14(23-22-13)17(25)21-12-3-1-11(2-4-12)8-24-10-19-9-20-24/h1-6,9-10,13-14,22-23H,7-8H2,(H,21,25). The van der Waals surface area contributed by atoms with Crippen molar-refractivity contribution in [3.8, 4) is 0 Å². The van der Waals surface area contributed by atoms with Crippen molar-refractivity contribution in [3.63, 3.8) is 0 Å². The van der Waals surface area contributed by atoms with Gasteiger partial charge in [0.15, 0.2) is 0 Å². The van der Waals surface area contributed by atoms with Crippen LogP contribution in [0.5, 0.6) is 0 Å². The number of aromatic nitrogens is 3. The number of hydrazine groups is 1. The number of carbonyl (C=O) groups excluding carboxylic acids is 1. The molecule has 1 aliphatic heterocycles. The molecule has 9 heteroatoms. The Kier molecular flexibility index (Phi) is 5.11. The Morgan fingerprint density at radius 3 is 2.81 bits per heavy atom. The topological polar surface area (TPSA) is 83.9 Å². The van der Waals surface area contributed by atoms with Gasteiger partial charge in [-0.05, 0) is 52.2 Å². The molecule has 7 nitrogen and oxygen atoms in total. The number of carbonyl (C=O) groups is 1. The van der Waals surface area contributed by atoms with E-state index < -0.39 is 0 Å². The normalized spacial score (nSPS) is 19.6. The third-order valence-corrected chi connectivity index (χ3v) is 5.93. The van der Waals surface area contributed by atoms with Gasteiger partial charge in [0.2, 0.25) is 5.91 Å². The Hall–Kier alpha value is -2.07. The summed E-state index contributed by atoms with van der Waals surface area (Å²) in [5.41, 5.74) is 8.16. The maximum atomic E-state index is 12.5. The van der Waals surface area contributed by atoms with Gasteiger partial charge < -0.3 is 5.32 Å². The highest BCUT2D eigenvalue weighted by Gasteiger charge is 2.30. The molecule has 26 heavy (non-hydrogen) atoms. The molecule has 1 saturated heterocycles. The highest BCUT2D eigenvalue weighted by Crippen LogP contribution is 2.31. The zero-order chi connectivity index (χ0) is 17.9.